The maximum absolute atomic E-state index is 5.27. The molecule has 10 aromatic rings. The van der Waals surface area contributed by atoms with Crippen molar-refractivity contribution in [3.63, 3.8) is 0 Å². The number of fused-ring (bicyclic) bond motifs is 6. The van der Waals surface area contributed by atoms with Crippen molar-refractivity contribution in [2.24, 2.45) is 5.92 Å². The standard InChI is InChI=1S/C53H39N5/c1-34-21-25-49-43(29-34)39-17-9-11-19-47(39)57(49)51-31-38(53-55-45(36-13-5-3-6-14-36)32-46(56-53)37-15-7-4-8-16-37)23-24-41(51)42-27-28-54-33-52(42)58-48-20-12-10-18-40(48)44-30-35(2)22-26-50(44)58/h3-29,31-33,35H,30H2,1-2H3. The van der Waals surface area contributed by atoms with E-state index < -0.39 is 0 Å². The van der Waals surface area contributed by atoms with Gasteiger partial charge in [0.05, 0.1) is 45.5 Å². The number of allylic oxidation sites excluding steroid dienone is 1. The average molecular weight is 746 g/mol. The molecule has 0 amide bonds. The van der Waals surface area contributed by atoms with E-state index in [9.17, 15) is 0 Å². The van der Waals surface area contributed by atoms with Crippen molar-refractivity contribution in [1.29, 1.82) is 0 Å². The highest BCUT2D eigenvalue weighted by molar-refractivity contribution is 6.10. The molecule has 1 aliphatic rings. The van der Waals surface area contributed by atoms with Crippen molar-refractivity contribution in [2.75, 3.05) is 0 Å². The Labute approximate surface area is 337 Å². The van der Waals surface area contributed by atoms with Gasteiger partial charge in [-0.1, -0.05) is 134 Å². The predicted octanol–water partition coefficient (Wildman–Crippen LogP) is 13.1. The monoisotopic (exact) mass is 745 g/mol. The summed E-state index contributed by atoms with van der Waals surface area (Å²) in [5.41, 5.74) is 16.4. The van der Waals surface area contributed by atoms with Gasteiger partial charge in [-0.2, -0.15) is 0 Å². The van der Waals surface area contributed by atoms with Gasteiger partial charge in [-0.3, -0.25) is 4.98 Å². The fraction of sp³-hybridized carbons (Fsp3) is 0.0755. The minimum absolute atomic E-state index is 0.475. The molecule has 0 N–H and O–H groups in total. The molecular formula is C53H39N5. The molecule has 4 heterocycles. The summed E-state index contributed by atoms with van der Waals surface area (Å²) in [7, 11) is 0. The first-order valence-corrected chi connectivity index (χ1v) is 20.0. The first kappa shape index (κ1) is 33.9. The summed E-state index contributed by atoms with van der Waals surface area (Å²) in [6.45, 7) is 4.46. The summed E-state index contributed by atoms with van der Waals surface area (Å²) in [6.07, 6.45) is 9.59. The van der Waals surface area contributed by atoms with Gasteiger partial charge < -0.3 is 9.13 Å². The Morgan fingerprint density at radius 2 is 1.17 bits per heavy atom. The number of nitrogens with zero attached hydrogens (tertiary/aromatic N) is 5. The van der Waals surface area contributed by atoms with Gasteiger partial charge in [0.25, 0.3) is 0 Å². The zero-order valence-corrected chi connectivity index (χ0v) is 32.3. The Kier molecular flexibility index (Phi) is 8.00. The van der Waals surface area contributed by atoms with E-state index in [1.807, 2.05) is 24.5 Å². The normalized spacial score (nSPS) is 13.7. The van der Waals surface area contributed by atoms with Crippen molar-refractivity contribution < 1.29 is 0 Å². The van der Waals surface area contributed by atoms with Crippen molar-refractivity contribution >= 4 is 38.8 Å². The van der Waals surface area contributed by atoms with Gasteiger partial charge in [0.2, 0.25) is 0 Å². The Morgan fingerprint density at radius 1 is 0.534 bits per heavy atom. The fourth-order valence-electron chi connectivity index (χ4n) is 8.93. The van der Waals surface area contributed by atoms with Crippen LogP contribution in [0.3, 0.4) is 0 Å². The third-order valence-corrected chi connectivity index (χ3v) is 11.7. The molecule has 6 aromatic carbocycles. The molecule has 4 aromatic heterocycles. The van der Waals surface area contributed by atoms with Crippen LogP contribution >= 0.6 is 0 Å². The highest BCUT2D eigenvalue weighted by Gasteiger charge is 2.25. The zero-order chi connectivity index (χ0) is 38.7. The lowest BCUT2D eigenvalue weighted by molar-refractivity contribution is 0.717. The fourth-order valence-corrected chi connectivity index (χ4v) is 8.93. The van der Waals surface area contributed by atoms with E-state index in [0.717, 1.165) is 68.0 Å². The van der Waals surface area contributed by atoms with E-state index in [-0.39, 0.29) is 0 Å². The summed E-state index contributed by atoms with van der Waals surface area (Å²) in [5.74, 6) is 1.15. The Morgan fingerprint density at radius 3 is 1.91 bits per heavy atom. The summed E-state index contributed by atoms with van der Waals surface area (Å²) in [5, 5.41) is 3.73. The molecule has 58 heavy (non-hydrogen) atoms. The summed E-state index contributed by atoms with van der Waals surface area (Å²) >= 11 is 0. The minimum Gasteiger partial charge on any atom is -0.309 e. The van der Waals surface area contributed by atoms with E-state index >= 15 is 0 Å². The molecule has 0 aliphatic heterocycles. The SMILES string of the molecule is Cc1ccc2c(c1)c1ccccc1n2-c1cc(-c2nc(-c3ccccc3)cc(-c3ccccc3)n2)ccc1-c1ccncc1-n1c2c(c3ccccc31)CC(C)C=C2. The molecule has 0 saturated carbocycles. The molecule has 11 rings (SSSR count). The lowest BCUT2D eigenvalue weighted by Gasteiger charge is -2.20. The molecule has 276 valence electrons. The molecule has 0 bridgehead atoms. The van der Waals surface area contributed by atoms with Crippen molar-refractivity contribution in [1.82, 2.24) is 24.1 Å². The number of hydrogen-bond donors (Lipinski definition) is 0. The molecule has 1 aliphatic carbocycles. The molecule has 1 unspecified atom stereocenters. The number of pyridine rings is 1. The van der Waals surface area contributed by atoms with Crippen LogP contribution in [-0.2, 0) is 6.42 Å². The van der Waals surface area contributed by atoms with E-state index in [2.05, 4.69) is 181 Å². The van der Waals surface area contributed by atoms with Crippen LogP contribution in [0.2, 0.25) is 0 Å². The van der Waals surface area contributed by atoms with Crippen LogP contribution in [-0.4, -0.2) is 24.1 Å². The van der Waals surface area contributed by atoms with Gasteiger partial charge in [-0.15, -0.1) is 0 Å². The van der Waals surface area contributed by atoms with Gasteiger partial charge in [-0.05, 0) is 73.4 Å². The topological polar surface area (TPSA) is 48.5 Å². The summed E-state index contributed by atoms with van der Waals surface area (Å²) in [4.78, 5) is 15.3. The zero-order valence-electron chi connectivity index (χ0n) is 32.3. The first-order valence-electron chi connectivity index (χ1n) is 20.0. The van der Waals surface area contributed by atoms with E-state index in [1.165, 1.54) is 38.5 Å². The number of aromatic nitrogens is 5. The Balaban J connectivity index is 1.21. The number of benzene rings is 6. The summed E-state index contributed by atoms with van der Waals surface area (Å²) < 4.78 is 4.85. The van der Waals surface area contributed by atoms with Crippen LogP contribution in [0.5, 0.6) is 0 Å². The van der Waals surface area contributed by atoms with Crippen molar-refractivity contribution in [3.05, 3.63) is 193 Å². The second-order valence-electron chi connectivity index (χ2n) is 15.4. The predicted molar refractivity (Wildman–Crippen MR) is 239 cm³/mol. The van der Waals surface area contributed by atoms with Crippen LogP contribution in [0.1, 0.15) is 23.7 Å². The van der Waals surface area contributed by atoms with Crippen LogP contribution in [0.15, 0.2) is 176 Å². The molecule has 0 fully saturated rings. The van der Waals surface area contributed by atoms with Gasteiger partial charge in [0.15, 0.2) is 5.82 Å². The highest BCUT2D eigenvalue weighted by Crippen LogP contribution is 2.43. The number of aryl methyl sites for hydroxylation is 1. The Hall–Kier alpha value is -7.37. The van der Waals surface area contributed by atoms with Gasteiger partial charge in [-0.25, -0.2) is 9.97 Å². The van der Waals surface area contributed by atoms with Crippen LogP contribution < -0.4 is 0 Å². The minimum atomic E-state index is 0.475. The van der Waals surface area contributed by atoms with E-state index in [0.29, 0.717) is 11.7 Å². The quantitative estimate of drug-likeness (QED) is 0.170. The van der Waals surface area contributed by atoms with Gasteiger partial charge >= 0.3 is 0 Å². The maximum atomic E-state index is 5.27. The second kappa shape index (κ2) is 13.7. The molecule has 0 radical (unpaired) electrons. The van der Waals surface area contributed by atoms with Crippen molar-refractivity contribution in [2.45, 2.75) is 20.3 Å². The average Bonchev–Trinajstić information content (AvgIpc) is 3.78. The smallest absolute Gasteiger partial charge is 0.160 e. The first-order chi connectivity index (χ1) is 28.6. The lowest BCUT2D eigenvalue weighted by Crippen LogP contribution is -2.07. The third-order valence-electron chi connectivity index (χ3n) is 11.7. The third kappa shape index (κ3) is 5.58. The van der Waals surface area contributed by atoms with Gasteiger partial charge in [0, 0.05) is 55.9 Å². The largest absolute Gasteiger partial charge is 0.309 e. The van der Waals surface area contributed by atoms with Crippen LogP contribution in [0, 0.1) is 12.8 Å². The lowest BCUT2D eigenvalue weighted by atomic mass is 9.93. The Bertz CT molecular complexity index is 3170. The molecule has 5 nitrogen and oxygen atoms in total. The number of rotatable bonds is 6. The van der Waals surface area contributed by atoms with Crippen molar-refractivity contribution in [3.8, 4) is 56.4 Å². The van der Waals surface area contributed by atoms with Gasteiger partial charge in [0.1, 0.15) is 0 Å². The van der Waals surface area contributed by atoms with E-state index in [1.54, 1.807) is 0 Å². The second-order valence-corrected chi connectivity index (χ2v) is 15.4. The highest BCUT2D eigenvalue weighted by atomic mass is 15.0. The maximum Gasteiger partial charge on any atom is 0.160 e. The molecule has 5 heteroatoms. The summed E-state index contributed by atoms with van der Waals surface area (Å²) in [6, 6.07) is 56.1. The van der Waals surface area contributed by atoms with E-state index in [4.69, 9.17) is 15.0 Å². The van der Waals surface area contributed by atoms with Crippen LogP contribution in [0.4, 0.5) is 0 Å². The molecule has 1 atom stereocenters. The molecule has 0 saturated heterocycles. The molecule has 0 spiro atoms. The number of para-hydroxylation sites is 2. The van der Waals surface area contributed by atoms with Crippen LogP contribution in [0.25, 0.3) is 95.2 Å². The molecular weight excluding hydrogens is 707 g/mol. The number of hydrogen-bond acceptors (Lipinski definition) is 3.